The number of rotatable bonds is 2. The van der Waals surface area contributed by atoms with E-state index in [1.807, 2.05) is 0 Å². The van der Waals surface area contributed by atoms with E-state index in [9.17, 15) is 4.39 Å². The smallest absolute Gasteiger partial charge is 0.144 e. The van der Waals surface area contributed by atoms with Crippen LogP contribution < -0.4 is 10.5 Å². The molecule has 0 heterocycles. The molecule has 1 rings (SSSR count). The largest absolute Gasteiger partial charge is 0.476 e. The number of halogens is 1. The Bertz CT molecular complexity index is 220. The van der Waals surface area contributed by atoms with Gasteiger partial charge in [-0.15, -0.1) is 0 Å². The van der Waals surface area contributed by atoms with Crippen molar-refractivity contribution in [1.82, 2.24) is 0 Å². The van der Waals surface area contributed by atoms with Gasteiger partial charge in [-0.3, -0.25) is 5.73 Å². The second-order valence-electron chi connectivity index (χ2n) is 2.28. The summed E-state index contributed by atoms with van der Waals surface area (Å²) in [5.41, 5.74) is 5.35. The third-order valence-corrected chi connectivity index (χ3v) is 1.14. The third kappa shape index (κ3) is 2.55. The monoisotopic (exact) mass is 155 g/mol. The van der Waals surface area contributed by atoms with Crippen LogP contribution in [0.2, 0.25) is 0 Å². The molecule has 1 unspecified atom stereocenters. The lowest BCUT2D eigenvalue weighted by molar-refractivity contribution is 0.230. The molecule has 0 aliphatic carbocycles. The minimum Gasteiger partial charge on any atom is -0.476 e. The quantitative estimate of drug-likeness (QED) is 0.657. The number of hydrogen-bond acceptors (Lipinski definition) is 2. The highest BCUT2D eigenvalue weighted by Crippen LogP contribution is 2.11. The highest BCUT2D eigenvalue weighted by atomic mass is 19.1. The molecule has 0 amide bonds. The maximum Gasteiger partial charge on any atom is 0.144 e. The van der Waals surface area contributed by atoms with Gasteiger partial charge in [-0.2, -0.15) is 0 Å². The van der Waals surface area contributed by atoms with E-state index in [4.69, 9.17) is 10.5 Å². The Hall–Kier alpha value is -1.09. The first kappa shape index (κ1) is 8.01. The Kier molecular flexibility index (Phi) is 2.44. The molecule has 2 nitrogen and oxygen atoms in total. The van der Waals surface area contributed by atoms with Crippen molar-refractivity contribution >= 4 is 0 Å². The molecule has 0 radical (unpaired) electrons. The SMILES string of the molecule is CC(N)Oc1ccc(F)cc1. The lowest BCUT2D eigenvalue weighted by atomic mass is 10.3. The topological polar surface area (TPSA) is 35.2 Å². The molecule has 1 aromatic carbocycles. The van der Waals surface area contributed by atoms with Crippen LogP contribution in [-0.2, 0) is 0 Å². The van der Waals surface area contributed by atoms with E-state index in [1.165, 1.54) is 12.1 Å². The summed E-state index contributed by atoms with van der Waals surface area (Å²) in [6.07, 6.45) is -0.361. The maximum absolute atomic E-state index is 12.3. The minimum absolute atomic E-state index is 0.276. The number of benzene rings is 1. The fourth-order valence-electron chi connectivity index (χ4n) is 0.728. The van der Waals surface area contributed by atoms with E-state index < -0.39 is 0 Å². The van der Waals surface area contributed by atoms with Crippen LogP contribution >= 0.6 is 0 Å². The van der Waals surface area contributed by atoms with Crippen molar-refractivity contribution in [3.8, 4) is 5.75 Å². The maximum atomic E-state index is 12.3. The van der Waals surface area contributed by atoms with Gasteiger partial charge in [0.25, 0.3) is 0 Å². The van der Waals surface area contributed by atoms with E-state index >= 15 is 0 Å². The Morgan fingerprint density at radius 2 is 1.91 bits per heavy atom. The van der Waals surface area contributed by atoms with Gasteiger partial charge in [0.1, 0.15) is 17.8 Å². The van der Waals surface area contributed by atoms with E-state index in [-0.39, 0.29) is 12.0 Å². The zero-order chi connectivity index (χ0) is 8.27. The average molecular weight is 155 g/mol. The average Bonchev–Trinajstić information content (AvgIpc) is 1.93. The van der Waals surface area contributed by atoms with Crippen LogP contribution in [0, 0.1) is 5.82 Å². The molecule has 0 aromatic heterocycles. The van der Waals surface area contributed by atoms with Gasteiger partial charge in [0.15, 0.2) is 0 Å². The molecular formula is C8H10FNO. The molecule has 11 heavy (non-hydrogen) atoms. The molecule has 3 heteroatoms. The third-order valence-electron chi connectivity index (χ3n) is 1.14. The summed E-state index contributed by atoms with van der Waals surface area (Å²) in [7, 11) is 0. The molecule has 0 spiro atoms. The van der Waals surface area contributed by atoms with Crippen LogP contribution in [0.5, 0.6) is 5.75 Å². The Morgan fingerprint density at radius 3 is 2.36 bits per heavy atom. The molecular weight excluding hydrogens is 145 g/mol. The summed E-state index contributed by atoms with van der Waals surface area (Å²) in [6, 6.07) is 5.74. The van der Waals surface area contributed by atoms with Crippen molar-refractivity contribution < 1.29 is 9.13 Å². The standard InChI is InChI=1S/C8H10FNO/c1-6(10)11-8-4-2-7(9)3-5-8/h2-6H,10H2,1H3. The fourth-order valence-corrected chi connectivity index (χ4v) is 0.728. The summed E-state index contributed by atoms with van der Waals surface area (Å²) in [4.78, 5) is 0. The Morgan fingerprint density at radius 1 is 1.36 bits per heavy atom. The number of hydrogen-bond donors (Lipinski definition) is 1. The summed E-state index contributed by atoms with van der Waals surface area (Å²) >= 11 is 0. The van der Waals surface area contributed by atoms with E-state index in [1.54, 1.807) is 19.1 Å². The zero-order valence-corrected chi connectivity index (χ0v) is 6.25. The van der Waals surface area contributed by atoms with Crippen molar-refractivity contribution in [2.24, 2.45) is 5.73 Å². The van der Waals surface area contributed by atoms with Crippen LogP contribution in [-0.4, -0.2) is 6.23 Å². The fraction of sp³-hybridized carbons (Fsp3) is 0.250. The van der Waals surface area contributed by atoms with Crippen LogP contribution in [0.3, 0.4) is 0 Å². The highest BCUT2D eigenvalue weighted by molar-refractivity contribution is 5.22. The summed E-state index contributed by atoms with van der Waals surface area (Å²) in [6.45, 7) is 1.71. The minimum atomic E-state index is -0.361. The predicted molar refractivity (Wildman–Crippen MR) is 40.7 cm³/mol. The Labute approximate surface area is 64.8 Å². The van der Waals surface area contributed by atoms with E-state index in [0.29, 0.717) is 5.75 Å². The first-order chi connectivity index (χ1) is 5.18. The lowest BCUT2D eigenvalue weighted by Gasteiger charge is -2.08. The van der Waals surface area contributed by atoms with Gasteiger partial charge in [0.05, 0.1) is 0 Å². The van der Waals surface area contributed by atoms with Crippen LogP contribution in [0.15, 0.2) is 24.3 Å². The highest BCUT2D eigenvalue weighted by Gasteiger charge is 1.96. The molecule has 60 valence electrons. The molecule has 0 aliphatic rings. The molecule has 2 N–H and O–H groups in total. The van der Waals surface area contributed by atoms with Gasteiger partial charge >= 0.3 is 0 Å². The second-order valence-corrected chi connectivity index (χ2v) is 2.28. The Balaban J connectivity index is 2.66. The van der Waals surface area contributed by atoms with Crippen molar-refractivity contribution in [3.63, 3.8) is 0 Å². The molecule has 1 atom stereocenters. The summed E-state index contributed by atoms with van der Waals surface area (Å²) in [5.74, 6) is 0.309. The van der Waals surface area contributed by atoms with E-state index in [2.05, 4.69) is 0 Å². The molecule has 1 aromatic rings. The molecule has 0 aliphatic heterocycles. The van der Waals surface area contributed by atoms with Gasteiger partial charge in [0.2, 0.25) is 0 Å². The van der Waals surface area contributed by atoms with Crippen LogP contribution in [0.1, 0.15) is 6.92 Å². The summed E-state index contributed by atoms with van der Waals surface area (Å²) < 4.78 is 17.4. The van der Waals surface area contributed by atoms with Gasteiger partial charge in [-0.05, 0) is 31.2 Å². The van der Waals surface area contributed by atoms with Crippen molar-refractivity contribution in [2.75, 3.05) is 0 Å². The normalized spacial score (nSPS) is 12.6. The lowest BCUT2D eigenvalue weighted by Crippen LogP contribution is -2.22. The first-order valence-corrected chi connectivity index (χ1v) is 3.36. The zero-order valence-electron chi connectivity index (χ0n) is 6.25. The first-order valence-electron chi connectivity index (χ1n) is 3.36. The second kappa shape index (κ2) is 3.34. The number of ether oxygens (including phenoxy) is 1. The van der Waals surface area contributed by atoms with Gasteiger partial charge in [-0.1, -0.05) is 0 Å². The predicted octanol–water partition coefficient (Wildman–Crippen LogP) is 1.51. The molecule has 0 saturated heterocycles. The molecule has 0 bridgehead atoms. The van der Waals surface area contributed by atoms with Crippen molar-refractivity contribution in [2.45, 2.75) is 13.2 Å². The van der Waals surface area contributed by atoms with Gasteiger partial charge in [-0.25, -0.2) is 4.39 Å². The van der Waals surface area contributed by atoms with Crippen molar-refractivity contribution in [3.05, 3.63) is 30.1 Å². The van der Waals surface area contributed by atoms with Crippen LogP contribution in [0.25, 0.3) is 0 Å². The summed E-state index contributed by atoms with van der Waals surface area (Å²) in [5, 5.41) is 0. The molecule has 0 fully saturated rings. The molecule has 0 saturated carbocycles. The van der Waals surface area contributed by atoms with Crippen LogP contribution in [0.4, 0.5) is 4.39 Å². The number of nitrogens with two attached hydrogens (primary N) is 1. The van der Waals surface area contributed by atoms with E-state index in [0.717, 1.165) is 0 Å². The van der Waals surface area contributed by atoms with Gasteiger partial charge < -0.3 is 4.74 Å². The van der Waals surface area contributed by atoms with Crippen molar-refractivity contribution in [1.29, 1.82) is 0 Å². The van der Waals surface area contributed by atoms with Gasteiger partial charge in [0, 0.05) is 0 Å².